The molecule has 0 spiro atoms. The summed E-state index contributed by atoms with van der Waals surface area (Å²) in [5.41, 5.74) is 0.537. The van der Waals surface area contributed by atoms with Crippen LogP contribution >= 0.6 is 23.2 Å². The monoisotopic (exact) mass is 577 g/mol. The molecule has 204 valence electrons. The van der Waals surface area contributed by atoms with Crippen molar-refractivity contribution in [1.29, 1.82) is 0 Å². The van der Waals surface area contributed by atoms with Crippen LogP contribution in [0.2, 0.25) is 10.0 Å². The zero-order valence-electron chi connectivity index (χ0n) is 21.4. The first-order valence-electron chi connectivity index (χ1n) is 13.3. The maximum absolute atomic E-state index is 14.4. The van der Waals surface area contributed by atoms with Gasteiger partial charge >= 0.3 is 5.97 Å². The average molecular weight is 579 g/mol. The average Bonchev–Trinajstić information content (AvgIpc) is 3.63. The van der Waals surface area contributed by atoms with Crippen LogP contribution in [-0.2, 0) is 19.4 Å². The van der Waals surface area contributed by atoms with Gasteiger partial charge in [0.25, 0.3) is 0 Å². The first kappa shape index (κ1) is 27.5. The number of hydrogen-bond donors (Lipinski definition) is 1. The first-order valence-corrected chi connectivity index (χ1v) is 15.7. The fraction of sp³-hybridized carbons (Fsp3) is 0.517. The molecule has 1 aliphatic heterocycles. The lowest BCUT2D eigenvalue weighted by Gasteiger charge is -2.52. The van der Waals surface area contributed by atoms with E-state index < -0.39 is 33.3 Å². The zero-order valence-corrected chi connectivity index (χ0v) is 23.7. The molecule has 4 atom stereocenters. The number of piperidine rings is 1. The fourth-order valence-electron chi connectivity index (χ4n) is 6.27. The third-order valence-electron chi connectivity index (χ3n) is 8.62. The van der Waals surface area contributed by atoms with E-state index in [2.05, 4.69) is 0 Å². The Morgan fingerprint density at radius 3 is 2.29 bits per heavy atom. The molecule has 0 bridgehead atoms. The molecule has 3 aliphatic rings. The quantitative estimate of drug-likeness (QED) is 0.378. The van der Waals surface area contributed by atoms with Gasteiger partial charge in [-0.1, -0.05) is 60.8 Å². The molecule has 2 aromatic rings. The van der Waals surface area contributed by atoms with E-state index in [0.29, 0.717) is 29.3 Å². The van der Waals surface area contributed by atoms with E-state index in [1.54, 1.807) is 30.0 Å². The molecule has 6 nitrogen and oxygen atoms in total. The Morgan fingerprint density at radius 2 is 1.74 bits per heavy atom. The van der Waals surface area contributed by atoms with Crippen LogP contribution in [0.25, 0.3) is 0 Å². The van der Waals surface area contributed by atoms with Crippen molar-refractivity contribution in [3.8, 4) is 0 Å². The van der Waals surface area contributed by atoms with Crippen LogP contribution in [0.5, 0.6) is 0 Å². The Bertz CT molecular complexity index is 1320. The van der Waals surface area contributed by atoms with Gasteiger partial charge in [-0.25, -0.2) is 8.42 Å². The standard InChI is InChI=1S/C29H33Cl2NO5S/c1-29(16-26(33)34)15-24(20-4-2-5-22(31)14-20)27(19-10-12-21(30)13-11-19)32(28(29)35)25(18-8-9-18)17-38(36,37)23-6-3-7-23/h2,4-5,10-14,18,23-25,27H,3,6-9,15-17H2,1H3,(H,33,34)/t24-,25?,27-,29-/m1/s1. The van der Waals surface area contributed by atoms with Gasteiger partial charge in [0.05, 0.1) is 28.9 Å². The molecule has 0 aromatic heterocycles. The Balaban J connectivity index is 1.67. The summed E-state index contributed by atoms with van der Waals surface area (Å²) in [5, 5.41) is 10.6. The minimum atomic E-state index is -3.41. The van der Waals surface area contributed by atoms with E-state index in [1.165, 1.54) is 0 Å². The molecule has 9 heteroatoms. The molecule has 1 amide bonds. The van der Waals surface area contributed by atoms with Gasteiger partial charge in [0, 0.05) is 22.0 Å². The number of carboxylic acids is 1. The van der Waals surface area contributed by atoms with Gasteiger partial charge in [0.2, 0.25) is 5.91 Å². The highest BCUT2D eigenvalue weighted by Crippen LogP contribution is 2.54. The Kier molecular flexibility index (Phi) is 7.57. The number of halogens is 2. The molecule has 1 saturated heterocycles. The summed E-state index contributed by atoms with van der Waals surface area (Å²) >= 11 is 12.6. The number of benzene rings is 2. The number of amides is 1. The number of nitrogens with zero attached hydrogens (tertiary/aromatic N) is 1. The molecule has 5 rings (SSSR count). The molecule has 2 aromatic carbocycles. The Labute approximate surface area is 234 Å². The van der Waals surface area contributed by atoms with Crippen molar-refractivity contribution in [1.82, 2.24) is 4.90 Å². The van der Waals surface area contributed by atoms with Gasteiger partial charge < -0.3 is 10.0 Å². The van der Waals surface area contributed by atoms with E-state index in [-0.39, 0.29) is 35.2 Å². The van der Waals surface area contributed by atoms with Crippen LogP contribution in [0.4, 0.5) is 0 Å². The van der Waals surface area contributed by atoms with E-state index in [1.807, 2.05) is 30.3 Å². The summed E-state index contributed by atoms with van der Waals surface area (Å²) in [6, 6.07) is 13.8. The molecule has 0 radical (unpaired) electrons. The molecule has 1 unspecified atom stereocenters. The minimum Gasteiger partial charge on any atom is -0.481 e. The second kappa shape index (κ2) is 10.5. The van der Waals surface area contributed by atoms with Crippen molar-refractivity contribution in [3.05, 3.63) is 69.7 Å². The van der Waals surface area contributed by atoms with E-state index in [4.69, 9.17) is 23.2 Å². The molecule has 2 aliphatic carbocycles. The van der Waals surface area contributed by atoms with Crippen molar-refractivity contribution < 1.29 is 23.1 Å². The first-order chi connectivity index (χ1) is 18.0. The van der Waals surface area contributed by atoms with Crippen molar-refractivity contribution in [2.24, 2.45) is 11.3 Å². The van der Waals surface area contributed by atoms with Crippen molar-refractivity contribution >= 4 is 44.9 Å². The van der Waals surface area contributed by atoms with Crippen LogP contribution in [0.1, 0.15) is 75.0 Å². The highest BCUT2D eigenvalue weighted by molar-refractivity contribution is 7.92. The highest BCUT2D eigenvalue weighted by atomic mass is 35.5. The minimum absolute atomic E-state index is 0.0655. The summed E-state index contributed by atoms with van der Waals surface area (Å²) in [6.07, 6.45) is 3.89. The third-order valence-corrected chi connectivity index (χ3v) is 11.4. The molecule has 1 N–H and O–H groups in total. The van der Waals surface area contributed by atoms with Crippen LogP contribution in [0.15, 0.2) is 48.5 Å². The highest BCUT2D eigenvalue weighted by Gasteiger charge is 2.55. The van der Waals surface area contributed by atoms with Gasteiger partial charge in [-0.05, 0) is 73.4 Å². The molecule has 2 saturated carbocycles. The largest absolute Gasteiger partial charge is 0.481 e. The van der Waals surface area contributed by atoms with E-state index in [9.17, 15) is 23.1 Å². The zero-order chi connectivity index (χ0) is 27.2. The van der Waals surface area contributed by atoms with Crippen LogP contribution in [-0.4, -0.2) is 47.3 Å². The fourth-order valence-corrected chi connectivity index (χ4v) is 8.83. The van der Waals surface area contributed by atoms with Crippen molar-refractivity contribution in [3.63, 3.8) is 0 Å². The number of carbonyl (C=O) groups excluding carboxylic acids is 1. The van der Waals surface area contributed by atoms with Gasteiger partial charge in [0.15, 0.2) is 9.84 Å². The molecule has 38 heavy (non-hydrogen) atoms. The number of aliphatic carboxylic acids is 1. The van der Waals surface area contributed by atoms with E-state index >= 15 is 0 Å². The number of hydrogen-bond acceptors (Lipinski definition) is 4. The summed E-state index contributed by atoms with van der Waals surface area (Å²) in [7, 11) is -3.41. The lowest BCUT2D eigenvalue weighted by molar-refractivity contribution is -0.160. The normalized spacial score (nSPS) is 27.1. The number of rotatable bonds is 9. The molecule has 1 heterocycles. The smallest absolute Gasteiger partial charge is 0.304 e. The predicted molar refractivity (Wildman–Crippen MR) is 148 cm³/mol. The van der Waals surface area contributed by atoms with Gasteiger partial charge in [-0.15, -0.1) is 0 Å². The lowest BCUT2D eigenvalue weighted by Crippen LogP contribution is -2.58. The van der Waals surface area contributed by atoms with Crippen LogP contribution < -0.4 is 0 Å². The molecule has 3 fully saturated rings. The van der Waals surface area contributed by atoms with Gasteiger partial charge in [-0.2, -0.15) is 0 Å². The topological polar surface area (TPSA) is 91.8 Å². The van der Waals surface area contributed by atoms with Gasteiger partial charge in [-0.3, -0.25) is 9.59 Å². The summed E-state index contributed by atoms with van der Waals surface area (Å²) in [6.45, 7) is 1.70. The maximum Gasteiger partial charge on any atom is 0.304 e. The number of carboxylic acid groups (broad SMARTS) is 1. The summed E-state index contributed by atoms with van der Waals surface area (Å²) in [5.74, 6) is -1.66. The Morgan fingerprint density at radius 1 is 1.05 bits per heavy atom. The van der Waals surface area contributed by atoms with Crippen molar-refractivity contribution in [2.45, 2.75) is 75.1 Å². The van der Waals surface area contributed by atoms with Crippen molar-refractivity contribution in [2.75, 3.05) is 5.75 Å². The lowest BCUT2D eigenvalue weighted by atomic mass is 9.67. The SMILES string of the molecule is C[C@]1(CC(=O)O)C[C@H](c2cccc(Cl)c2)[C@@H](c2ccc(Cl)cc2)N(C(CS(=O)(=O)C2CCC2)C2CC2)C1=O. The van der Waals surface area contributed by atoms with Crippen LogP contribution in [0.3, 0.4) is 0 Å². The second-order valence-electron chi connectivity index (χ2n) is 11.5. The molecular weight excluding hydrogens is 545 g/mol. The summed E-state index contributed by atoms with van der Waals surface area (Å²) in [4.78, 5) is 28.2. The number of carbonyl (C=O) groups is 2. The second-order valence-corrected chi connectivity index (χ2v) is 14.7. The van der Waals surface area contributed by atoms with Gasteiger partial charge in [0.1, 0.15) is 0 Å². The Hall–Kier alpha value is -2.09. The van der Waals surface area contributed by atoms with E-state index in [0.717, 1.165) is 30.4 Å². The van der Waals surface area contributed by atoms with Crippen LogP contribution in [0, 0.1) is 11.3 Å². The summed E-state index contributed by atoms with van der Waals surface area (Å²) < 4.78 is 26.9. The predicted octanol–water partition coefficient (Wildman–Crippen LogP) is 6.28. The third kappa shape index (κ3) is 5.47. The molecular formula is C29H33Cl2NO5S. The number of likely N-dealkylation sites (tertiary alicyclic amines) is 1. The maximum atomic E-state index is 14.4. The number of sulfone groups is 1.